The first kappa shape index (κ1) is 21.8. The topological polar surface area (TPSA) is 73.0 Å². The standard InChI is InChI=1S/C20H29N7O.HI/c1-21-20(27-11-9-25(10-12-27)16-18-5-13-28-24-18)23-15-17-4-6-22-19(14-17)26-7-2-3-8-26;/h4-6,13-14H,2-3,7-12,15-16H2,1H3,(H,21,23);1H. The highest BCUT2D eigenvalue weighted by molar-refractivity contribution is 14.0. The average Bonchev–Trinajstić information content (AvgIpc) is 3.44. The number of halogens is 1. The Morgan fingerprint density at radius 1 is 1.14 bits per heavy atom. The second kappa shape index (κ2) is 10.8. The number of pyridine rings is 1. The third-order valence-electron chi connectivity index (χ3n) is 5.45. The van der Waals surface area contributed by atoms with Crippen LogP contribution in [0.3, 0.4) is 0 Å². The molecule has 0 amide bonds. The Hall–Kier alpha value is -1.88. The molecular formula is C20H30IN7O. The fraction of sp³-hybridized carbons (Fsp3) is 0.550. The Balaban J connectivity index is 0.00000240. The SMILES string of the molecule is CN=C(NCc1ccnc(N2CCCC2)c1)N1CCN(Cc2ccon2)CC1.I. The molecule has 2 aliphatic rings. The van der Waals surface area contributed by atoms with E-state index in [0.717, 1.165) is 69.8 Å². The van der Waals surface area contributed by atoms with E-state index in [1.54, 1.807) is 6.26 Å². The molecule has 0 spiro atoms. The predicted octanol–water partition coefficient (Wildman–Crippen LogP) is 2.18. The number of aliphatic imine (C=N–C) groups is 1. The number of guanidine groups is 1. The third kappa shape index (κ3) is 5.81. The largest absolute Gasteiger partial charge is 0.364 e. The number of anilines is 1. The smallest absolute Gasteiger partial charge is 0.194 e. The fourth-order valence-corrected chi connectivity index (χ4v) is 3.87. The molecule has 2 aromatic heterocycles. The summed E-state index contributed by atoms with van der Waals surface area (Å²) in [5, 5.41) is 7.52. The first-order chi connectivity index (χ1) is 13.8. The summed E-state index contributed by atoms with van der Waals surface area (Å²) in [4.78, 5) is 16.1. The molecule has 0 atom stereocenters. The second-order valence-electron chi connectivity index (χ2n) is 7.37. The van der Waals surface area contributed by atoms with Crippen molar-refractivity contribution in [3.05, 3.63) is 41.9 Å². The third-order valence-corrected chi connectivity index (χ3v) is 5.45. The van der Waals surface area contributed by atoms with Gasteiger partial charge < -0.3 is 19.6 Å². The van der Waals surface area contributed by atoms with Crippen LogP contribution in [0.25, 0.3) is 0 Å². The lowest BCUT2D eigenvalue weighted by Gasteiger charge is -2.36. The lowest BCUT2D eigenvalue weighted by molar-refractivity contribution is 0.169. The van der Waals surface area contributed by atoms with Crippen LogP contribution in [-0.4, -0.2) is 72.2 Å². The van der Waals surface area contributed by atoms with E-state index in [0.29, 0.717) is 0 Å². The molecule has 0 saturated carbocycles. The number of aromatic nitrogens is 2. The molecule has 0 aromatic carbocycles. The number of hydrogen-bond acceptors (Lipinski definition) is 6. The van der Waals surface area contributed by atoms with Crippen LogP contribution in [0.1, 0.15) is 24.1 Å². The van der Waals surface area contributed by atoms with E-state index in [1.165, 1.54) is 18.4 Å². The number of nitrogens with zero attached hydrogens (tertiary/aromatic N) is 6. The van der Waals surface area contributed by atoms with Gasteiger partial charge in [-0.25, -0.2) is 4.98 Å². The number of rotatable bonds is 5. The van der Waals surface area contributed by atoms with Crippen molar-refractivity contribution in [3.8, 4) is 0 Å². The Kier molecular flexibility index (Phi) is 8.10. The minimum Gasteiger partial charge on any atom is -0.364 e. The van der Waals surface area contributed by atoms with Crippen LogP contribution in [0.15, 0.2) is 40.2 Å². The van der Waals surface area contributed by atoms with Crippen molar-refractivity contribution >= 4 is 35.8 Å². The minimum absolute atomic E-state index is 0. The van der Waals surface area contributed by atoms with E-state index in [2.05, 4.69) is 47.3 Å². The molecule has 0 aliphatic carbocycles. The lowest BCUT2D eigenvalue weighted by atomic mass is 10.2. The normalized spacial score (nSPS) is 18.0. The van der Waals surface area contributed by atoms with Crippen molar-refractivity contribution in [2.75, 3.05) is 51.2 Å². The van der Waals surface area contributed by atoms with E-state index >= 15 is 0 Å². The summed E-state index contributed by atoms with van der Waals surface area (Å²) in [6.07, 6.45) is 6.07. The highest BCUT2D eigenvalue weighted by Crippen LogP contribution is 2.18. The van der Waals surface area contributed by atoms with Crippen LogP contribution in [0, 0.1) is 0 Å². The van der Waals surface area contributed by atoms with Gasteiger partial charge in [-0.3, -0.25) is 9.89 Å². The summed E-state index contributed by atoms with van der Waals surface area (Å²) in [6.45, 7) is 7.71. The highest BCUT2D eigenvalue weighted by Gasteiger charge is 2.20. The molecule has 2 fully saturated rings. The van der Waals surface area contributed by atoms with Crippen LogP contribution in [-0.2, 0) is 13.1 Å². The molecule has 0 radical (unpaired) electrons. The first-order valence-electron chi connectivity index (χ1n) is 10.1. The fourth-order valence-electron chi connectivity index (χ4n) is 3.87. The van der Waals surface area contributed by atoms with Gasteiger partial charge >= 0.3 is 0 Å². The maximum Gasteiger partial charge on any atom is 0.194 e. The zero-order valence-electron chi connectivity index (χ0n) is 17.0. The summed E-state index contributed by atoms with van der Waals surface area (Å²) in [6, 6.07) is 6.20. The van der Waals surface area contributed by atoms with Gasteiger partial charge in [0.25, 0.3) is 0 Å². The van der Waals surface area contributed by atoms with E-state index in [1.807, 2.05) is 19.3 Å². The Labute approximate surface area is 189 Å². The van der Waals surface area contributed by atoms with Gasteiger partial charge in [-0.05, 0) is 30.5 Å². The van der Waals surface area contributed by atoms with Crippen molar-refractivity contribution in [1.82, 2.24) is 25.3 Å². The van der Waals surface area contributed by atoms with E-state index in [-0.39, 0.29) is 24.0 Å². The van der Waals surface area contributed by atoms with Gasteiger partial charge in [0.2, 0.25) is 0 Å². The van der Waals surface area contributed by atoms with Gasteiger partial charge in [-0.2, -0.15) is 0 Å². The molecule has 158 valence electrons. The van der Waals surface area contributed by atoms with Gasteiger partial charge in [0.1, 0.15) is 12.1 Å². The van der Waals surface area contributed by atoms with Gasteiger partial charge in [0.05, 0.1) is 5.69 Å². The summed E-state index contributed by atoms with van der Waals surface area (Å²) >= 11 is 0. The van der Waals surface area contributed by atoms with Crippen LogP contribution < -0.4 is 10.2 Å². The minimum atomic E-state index is 0. The molecule has 8 nitrogen and oxygen atoms in total. The Morgan fingerprint density at radius 3 is 2.62 bits per heavy atom. The van der Waals surface area contributed by atoms with E-state index in [9.17, 15) is 0 Å². The molecule has 2 saturated heterocycles. The molecule has 2 aromatic rings. The predicted molar refractivity (Wildman–Crippen MR) is 125 cm³/mol. The molecule has 4 rings (SSSR count). The Bertz CT molecular complexity index is 769. The highest BCUT2D eigenvalue weighted by atomic mass is 127. The number of hydrogen-bond donors (Lipinski definition) is 1. The van der Waals surface area contributed by atoms with Crippen molar-refractivity contribution in [2.45, 2.75) is 25.9 Å². The second-order valence-corrected chi connectivity index (χ2v) is 7.37. The zero-order valence-corrected chi connectivity index (χ0v) is 19.3. The van der Waals surface area contributed by atoms with E-state index < -0.39 is 0 Å². The summed E-state index contributed by atoms with van der Waals surface area (Å²) in [7, 11) is 1.85. The number of piperazine rings is 1. The molecular weight excluding hydrogens is 481 g/mol. The molecule has 0 bridgehead atoms. The lowest BCUT2D eigenvalue weighted by Crippen LogP contribution is -2.52. The first-order valence-corrected chi connectivity index (χ1v) is 10.1. The molecule has 4 heterocycles. The maximum atomic E-state index is 4.92. The molecule has 2 aliphatic heterocycles. The van der Waals surface area contributed by atoms with Crippen LogP contribution in [0.4, 0.5) is 5.82 Å². The van der Waals surface area contributed by atoms with Gasteiger partial charge in [0.15, 0.2) is 5.96 Å². The van der Waals surface area contributed by atoms with Crippen molar-refractivity contribution in [3.63, 3.8) is 0 Å². The Morgan fingerprint density at radius 2 is 1.93 bits per heavy atom. The van der Waals surface area contributed by atoms with Crippen LogP contribution in [0.2, 0.25) is 0 Å². The zero-order chi connectivity index (χ0) is 19.2. The summed E-state index contributed by atoms with van der Waals surface area (Å²) in [5.41, 5.74) is 2.23. The monoisotopic (exact) mass is 511 g/mol. The van der Waals surface area contributed by atoms with Gasteiger partial charge in [-0.15, -0.1) is 24.0 Å². The van der Waals surface area contributed by atoms with Crippen molar-refractivity contribution in [2.24, 2.45) is 4.99 Å². The van der Waals surface area contributed by atoms with Crippen LogP contribution in [0.5, 0.6) is 0 Å². The summed E-state index contributed by atoms with van der Waals surface area (Å²) < 4.78 is 4.92. The van der Waals surface area contributed by atoms with Crippen molar-refractivity contribution in [1.29, 1.82) is 0 Å². The van der Waals surface area contributed by atoms with Gasteiger partial charge in [0, 0.05) is 71.7 Å². The van der Waals surface area contributed by atoms with Gasteiger partial charge in [-0.1, -0.05) is 5.16 Å². The number of nitrogens with one attached hydrogen (secondary N) is 1. The molecule has 1 N–H and O–H groups in total. The van der Waals surface area contributed by atoms with Crippen molar-refractivity contribution < 1.29 is 4.52 Å². The quantitative estimate of drug-likeness (QED) is 0.375. The summed E-state index contributed by atoms with van der Waals surface area (Å²) in [5.74, 6) is 2.05. The molecule has 9 heteroatoms. The van der Waals surface area contributed by atoms with Crippen LogP contribution >= 0.6 is 24.0 Å². The average molecular weight is 511 g/mol. The molecule has 0 unspecified atom stereocenters. The molecule has 29 heavy (non-hydrogen) atoms. The van der Waals surface area contributed by atoms with E-state index in [4.69, 9.17) is 4.52 Å². The maximum absolute atomic E-state index is 4.92.